The molecule has 11 heteroatoms. The molecule has 1 aliphatic carbocycles. The molecular formula is C30H38F3N5O3. The van der Waals surface area contributed by atoms with E-state index in [4.69, 9.17) is 0 Å². The lowest BCUT2D eigenvalue weighted by atomic mass is 9.71. The predicted octanol–water partition coefficient (Wildman–Crippen LogP) is 5.05. The minimum Gasteiger partial charge on any atom is -0.390 e. The molecule has 0 spiro atoms. The van der Waals surface area contributed by atoms with Gasteiger partial charge in [0.1, 0.15) is 5.69 Å². The zero-order valence-electron chi connectivity index (χ0n) is 24.4. The lowest BCUT2D eigenvalue weighted by Crippen LogP contribution is -2.61. The Hall–Kier alpha value is -3.31. The van der Waals surface area contributed by atoms with Crippen LogP contribution >= 0.6 is 0 Å². The summed E-state index contributed by atoms with van der Waals surface area (Å²) in [5, 5.41) is 14.1. The SMILES string of the molecule is CC(C)c1cc(-c2ccc(C(F)(F)F)cc2)nn2cc(C=O)nc12.CN1CCN(C(=O)C2CC(C)(O)C2)CC1(C)C. The number of carbonyl (C=O) groups is 2. The summed E-state index contributed by atoms with van der Waals surface area (Å²) in [6, 6.07) is 6.63. The number of rotatable bonds is 4. The van der Waals surface area contributed by atoms with Gasteiger partial charge in [-0.3, -0.25) is 14.5 Å². The molecule has 8 nitrogen and oxygen atoms in total. The van der Waals surface area contributed by atoms with E-state index in [1.54, 1.807) is 6.07 Å². The predicted molar refractivity (Wildman–Crippen MR) is 150 cm³/mol. The molecule has 0 bridgehead atoms. The Morgan fingerprint density at radius 2 is 1.76 bits per heavy atom. The first kappa shape index (κ1) is 30.6. The van der Waals surface area contributed by atoms with E-state index in [1.807, 2.05) is 25.7 Å². The third-order valence-electron chi connectivity index (χ3n) is 8.07. The van der Waals surface area contributed by atoms with Gasteiger partial charge in [0.05, 0.1) is 23.1 Å². The fourth-order valence-electron chi connectivity index (χ4n) is 5.33. The number of likely N-dealkylation sites (N-methyl/N-ethyl adjacent to an activating group) is 1. The number of piperazine rings is 1. The number of aldehydes is 1. The van der Waals surface area contributed by atoms with Crippen LogP contribution in [0.25, 0.3) is 16.9 Å². The van der Waals surface area contributed by atoms with Gasteiger partial charge in [0, 0.05) is 42.2 Å². The highest BCUT2D eigenvalue weighted by Crippen LogP contribution is 2.39. The van der Waals surface area contributed by atoms with Crippen molar-refractivity contribution < 1.29 is 27.9 Å². The molecule has 1 amide bonds. The maximum Gasteiger partial charge on any atom is 0.416 e. The molecule has 0 radical (unpaired) electrons. The molecule has 2 aliphatic rings. The molecule has 41 heavy (non-hydrogen) atoms. The molecule has 0 atom stereocenters. The number of aromatic nitrogens is 3. The second kappa shape index (κ2) is 11.2. The fourth-order valence-corrected chi connectivity index (χ4v) is 5.33. The first-order chi connectivity index (χ1) is 19.0. The van der Waals surface area contributed by atoms with Crippen molar-refractivity contribution >= 4 is 17.8 Å². The quantitative estimate of drug-likeness (QED) is 0.440. The molecule has 1 aliphatic heterocycles. The molecule has 0 unspecified atom stereocenters. The zero-order chi connectivity index (χ0) is 30.3. The van der Waals surface area contributed by atoms with E-state index in [1.165, 1.54) is 22.8 Å². The van der Waals surface area contributed by atoms with Gasteiger partial charge < -0.3 is 10.0 Å². The van der Waals surface area contributed by atoms with Crippen LogP contribution in [0.5, 0.6) is 0 Å². The number of hydrogen-bond acceptors (Lipinski definition) is 6. The van der Waals surface area contributed by atoms with E-state index in [2.05, 4.69) is 35.9 Å². The van der Waals surface area contributed by atoms with Crippen LogP contribution in [0.15, 0.2) is 36.5 Å². The number of imidazole rings is 1. The van der Waals surface area contributed by atoms with Crippen LogP contribution in [0, 0.1) is 5.92 Å². The molecular weight excluding hydrogens is 535 g/mol. The van der Waals surface area contributed by atoms with Gasteiger partial charge >= 0.3 is 6.18 Å². The first-order valence-corrected chi connectivity index (χ1v) is 13.8. The summed E-state index contributed by atoms with van der Waals surface area (Å²) in [6.45, 7) is 12.6. The molecule has 222 valence electrons. The standard InChI is InChI=1S/C17H14F3N3O.C13H24N2O2/c1-10(2)14-7-15(22-23-8-13(9-24)21-16(14)23)11-3-5-12(6-4-11)17(18,19)20;1-12(2)9-15(6-5-14(12)4)11(16)10-7-13(3,17)8-10/h3-10H,1-2H3;10,17H,5-9H2,1-4H3. The van der Waals surface area contributed by atoms with Crippen LogP contribution in [0.4, 0.5) is 13.2 Å². The van der Waals surface area contributed by atoms with E-state index in [-0.39, 0.29) is 29.0 Å². The van der Waals surface area contributed by atoms with Crippen LogP contribution in [-0.2, 0) is 11.0 Å². The van der Waals surface area contributed by atoms with Crippen molar-refractivity contribution in [3.63, 3.8) is 0 Å². The maximum atomic E-state index is 12.7. The summed E-state index contributed by atoms with van der Waals surface area (Å²) in [5.41, 5.74) is 1.53. The highest BCUT2D eigenvalue weighted by Gasteiger charge is 2.45. The van der Waals surface area contributed by atoms with Crippen molar-refractivity contribution in [3.05, 3.63) is 53.3 Å². The molecule has 5 rings (SSSR count). The van der Waals surface area contributed by atoms with Crippen molar-refractivity contribution in [1.29, 1.82) is 0 Å². The van der Waals surface area contributed by atoms with E-state index in [9.17, 15) is 27.9 Å². The Morgan fingerprint density at radius 3 is 2.27 bits per heavy atom. The van der Waals surface area contributed by atoms with Crippen LogP contribution < -0.4 is 0 Å². The topological polar surface area (TPSA) is 91.0 Å². The van der Waals surface area contributed by atoms with Gasteiger partial charge in [0.15, 0.2) is 11.9 Å². The summed E-state index contributed by atoms with van der Waals surface area (Å²) >= 11 is 0. The zero-order valence-corrected chi connectivity index (χ0v) is 24.4. The number of nitrogens with zero attached hydrogens (tertiary/aromatic N) is 5. The highest BCUT2D eigenvalue weighted by molar-refractivity contribution is 5.80. The smallest absolute Gasteiger partial charge is 0.390 e. The van der Waals surface area contributed by atoms with E-state index < -0.39 is 17.3 Å². The fraction of sp³-hybridized carbons (Fsp3) is 0.533. The van der Waals surface area contributed by atoms with Gasteiger partial charge in [0.2, 0.25) is 5.91 Å². The third kappa shape index (κ3) is 6.78. The average molecular weight is 574 g/mol. The minimum atomic E-state index is -4.37. The first-order valence-electron chi connectivity index (χ1n) is 13.8. The summed E-state index contributed by atoms with van der Waals surface area (Å²) in [4.78, 5) is 31.7. The van der Waals surface area contributed by atoms with Crippen molar-refractivity contribution in [2.24, 2.45) is 5.92 Å². The summed E-state index contributed by atoms with van der Waals surface area (Å²) in [5.74, 6) is 0.396. The number of halogens is 3. The number of amides is 1. The van der Waals surface area contributed by atoms with Gasteiger partial charge in [-0.15, -0.1) is 0 Å². The Labute approximate surface area is 238 Å². The van der Waals surface area contributed by atoms with Crippen LogP contribution in [0.1, 0.15) is 75.0 Å². The minimum absolute atomic E-state index is 0.0456. The van der Waals surface area contributed by atoms with E-state index in [0.717, 1.165) is 37.3 Å². The number of hydrogen-bond donors (Lipinski definition) is 1. The van der Waals surface area contributed by atoms with E-state index in [0.29, 0.717) is 36.0 Å². The van der Waals surface area contributed by atoms with Gasteiger partial charge in [-0.05, 0) is 64.8 Å². The molecule has 3 heterocycles. The Morgan fingerprint density at radius 1 is 1.12 bits per heavy atom. The number of fused-ring (bicyclic) bond motifs is 1. The number of alkyl halides is 3. The van der Waals surface area contributed by atoms with Crippen molar-refractivity contribution in [2.45, 2.75) is 70.7 Å². The maximum absolute atomic E-state index is 12.7. The van der Waals surface area contributed by atoms with Crippen LogP contribution in [0.2, 0.25) is 0 Å². The second-order valence-corrected chi connectivity index (χ2v) is 12.4. The monoisotopic (exact) mass is 573 g/mol. The Bertz CT molecular complexity index is 1410. The second-order valence-electron chi connectivity index (χ2n) is 12.4. The van der Waals surface area contributed by atoms with Gasteiger partial charge in [-0.2, -0.15) is 18.3 Å². The molecule has 1 saturated carbocycles. The molecule has 2 fully saturated rings. The van der Waals surface area contributed by atoms with Gasteiger partial charge in [-0.1, -0.05) is 26.0 Å². The summed E-state index contributed by atoms with van der Waals surface area (Å²) in [7, 11) is 2.11. The van der Waals surface area contributed by atoms with Crippen LogP contribution in [0.3, 0.4) is 0 Å². The molecule has 1 N–H and O–H groups in total. The molecule has 3 aromatic rings. The molecule has 1 aromatic carbocycles. The van der Waals surface area contributed by atoms with Crippen LogP contribution in [-0.4, -0.2) is 79.5 Å². The Balaban J connectivity index is 0.000000201. The van der Waals surface area contributed by atoms with E-state index >= 15 is 0 Å². The number of benzene rings is 1. The Kier molecular flexibility index (Phi) is 8.35. The molecule has 1 saturated heterocycles. The summed E-state index contributed by atoms with van der Waals surface area (Å²) in [6.07, 6.45) is -0.988. The van der Waals surface area contributed by atoms with Gasteiger partial charge in [0.25, 0.3) is 0 Å². The lowest BCUT2D eigenvalue weighted by Gasteiger charge is -2.48. The van der Waals surface area contributed by atoms with Crippen molar-refractivity contribution in [2.75, 3.05) is 26.7 Å². The normalized spacial score (nSPS) is 22.7. The largest absolute Gasteiger partial charge is 0.416 e. The van der Waals surface area contributed by atoms with Gasteiger partial charge in [-0.25, -0.2) is 9.50 Å². The molecule has 2 aromatic heterocycles. The lowest BCUT2D eigenvalue weighted by molar-refractivity contribution is -0.153. The average Bonchev–Trinajstić information content (AvgIpc) is 3.31. The van der Waals surface area contributed by atoms with Crippen molar-refractivity contribution in [3.8, 4) is 11.3 Å². The number of aliphatic hydroxyl groups is 1. The third-order valence-corrected chi connectivity index (χ3v) is 8.07. The van der Waals surface area contributed by atoms with Crippen molar-refractivity contribution in [1.82, 2.24) is 24.4 Å². The summed E-state index contributed by atoms with van der Waals surface area (Å²) < 4.78 is 39.5. The highest BCUT2D eigenvalue weighted by atomic mass is 19.4. The number of carbonyl (C=O) groups excluding carboxylic acids is 2.